The van der Waals surface area contributed by atoms with Crippen LogP contribution in [0.2, 0.25) is 0 Å². The Hall–Kier alpha value is -3.14. The summed E-state index contributed by atoms with van der Waals surface area (Å²) in [4.78, 5) is 21.1. The van der Waals surface area contributed by atoms with Crippen LogP contribution in [0.1, 0.15) is 23.7 Å². The smallest absolute Gasteiger partial charge is 0.284 e. The Morgan fingerprint density at radius 2 is 2.14 bits per heavy atom. The molecule has 0 unspecified atom stereocenters. The molecule has 148 valence electrons. The Bertz CT molecular complexity index is 1090. The number of nitrogens with one attached hydrogen (secondary N) is 1. The van der Waals surface area contributed by atoms with Gasteiger partial charge >= 0.3 is 0 Å². The second-order valence-corrected chi connectivity index (χ2v) is 6.24. The van der Waals surface area contributed by atoms with Crippen LogP contribution in [0.15, 0.2) is 22.2 Å². The molecule has 3 aromatic rings. The second-order valence-electron chi connectivity index (χ2n) is 6.24. The molecule has 0 fully saturated rings. The molecule has 0 aliphatic rings. The van der Waals surface area contributed by atoms with E-state index in [-0.39, 0.29) is 11.5 Å². The molecule has 0 aliphatic carbocycles. The van der Waals surface area contributed by atoms with E-state index >= 15 is 0 Å². The van der Waals surface area contributed by atoms with E-state index in [1.165, 1.54) is 17.1 Å². The molecule has 3 aromatic heterocycles. The third kappa shape index (κ3) is 3.77. The molecule has 0 spiro atoms. The Balaban J connectivity index is 2.03. The van der Waals surface area contributed by atoms with Gasteiger partial charge in [0.2, 0.25) is 11.9 Å². The number of hydrogen-bond donors (Lipinski definition) is 1. The van der Waals surface area contributed by atoms with E-state index in [1.807, 2.05) is 19.9 Å². The summed E-state index contributed by atoms with van der Waals surface area (Å²) in [6, 6.07) is 1.84. The van der Waals surface area contributed by atoms with Crippen molar-refractivity contribution in [3.8, 4) is 0 Å². The van der Waals surface area contributed by atoms with Crippen molar-refractivity contribution in [1.82, 2.24) is 24.3 Å². The quantitative estimate of drug-likeness (QED) is 0.491. The molecule has 10 heteroatoms. The van der Waals surface area contributed by atoms with Crippen molar-refractivity contribution in [3.63, 3.8) is 0 Å². The number of pyridine rings is 1. The molecule has 0 saturated carbocycles. The maximum Gasteiger partial charge on any atom is 0.284 e. The molecule has 0 radical (unpaired) electrons. The molecule has 1 N–H and O–H groups in total. The van der Waals surface area contributed by atoms with E-state index in [0.29, 0.717) is 30.7 Å². The average Bonchev–Trinajstić information content (AvgIpc) is 3.00. The molecular formula is C18H22FN7O2. The lowest BCUT2D eigenvalue weighted by atomic mass is 10.2. The number of rotatable bonds is 7. The minimum absolute atomic E-state index is 0.201. The van der Waals surface area contributed by atoms with Crippen molar-refractivity contribution < 1.29 is 9.13 Å². The summed E-state index contributed by atoms with van der Waals surface area (Å²) in [5, 5.41) is 8.39. The standard InChI is InChI=1S/C18H22FN7O2/c1-5-26-15(19)13(10-21-26)9-20-24-18-23-17(27)14-11(2)8-12(3)22-16(14)25(18)6-7-28-4/h8-10H,5-7H2,1-4H3,(H,23,24,27)/b20-9-. The highest BCUT2D eigenvalue weighted by Crippen LogP contribution is 2.17. The topological polar surface area (TPSA) is 99.2 Å². The Kier molecular flexibility index (Phi) is 5.78. The van der Waals surface area contributed by atoms with Crippen molar-refractivity contribution in [2.45, 2.75) is 33.9 Å². The highest BCUT2D eigenvalue weighted by atomic mass is 19.1. The third-order valence-electron chi connectivity index (χ3n) is 4.25. The minimum Gasteiger partial charge on any atom is -0.383 e. The Morgan fingerprint density at radius 1 is 1.36 bits per heavy atom. The number of nitrogens with zero attached hydrogens (tertiary/aromatic N) is 6. The van der Waals surface area contributed by atoms with Gasteiger partial charge in [-0.15, -0.1) is 0 Å². The molecule has 0 saturated heterocycles. The van der Waals surface area contributed by atoms with Gasteiger partial charge in [0.25, 0.3) is 5.56 Å². The number of fused-ring (bicyclic) bond motifs is 1. The number of methoxy groups -OCH3 is 1. The predicted molar refractivity (Wildman–Crippen MR) is 104 cm³/mol. The lowest BCUT2D eigenvalue weighted by molar-refractivity contribution is 0.188. The molecular weight excluding hydrogens is 365 g/mol. The maximum atomic E-state index is 14.0. The summed E-state index contributed by atoms with van der Waals surface area (Å²) in [6.07, 6.45) is 2.67. The van der Waals surface area contributed by atoms with Crippen molar-refractivity contribution in [3.05, 3.63) is 45.4 Å². The van der Waals surface area contributed by atoms with Crippen LogP contribution >= 0.6 is 0 Å². The van der Waals surface area contributed by atoms with Crippen LogP contribution in [0, 0.1) is 19.8 Å². The van der Waals surface area contributed by atoms with E-state index < -0.39 is 11.5 Å². The zero-order valence-corrected chi connectivity index (χ0v) is 16.2. The van der Waals surface area contributed by atoms with Gasteiger partial charge in [-0.25, -0.2) is 15.1 Å². The second kappa shape index (κ2) is 8.26. The normalized spacial score (nSPS) is 11.6. The zero-order chi connectivity index (χ0) is 20.3. The van der Waals surface area contributed by atoms with Gasteiger partial charge < -0.3 is 4.74 Å². The van der Waals surface area contributed by atoms with Gasteiger partial charge in [-0.05, 0) is 32.4 Å². The number of anilines is 1. The average molecular weight is 387 g/mol. The van der Waals surface area contributed by atoms with Crippen molar-refractivity contribution in [1.29, 1.82) is 0 Å². The van der Waals surface area contributed by atoms with Crippen molar-refractivity contribution in [2.24, 2.45) is 5.10 Å². The summed E-state index contributed by atoms with van der Waals surface area (Å²) in [5.41, 5.74) is 4.62. The molecule has 0 bridgehead atoms. The lowest BCUT2D eigenvalue weighted by Gasteiger charge is -2.15. The van der Waals surface area contributed by atoms with Crippen LogP contribution in [0.3, 0.4) is 0 Å². The van der Waals surface area contributed by atoms with Gasteiger partial charge in [0.05, 0.1) is 36.5 Å². The lowest BCUT2D eigenvalue weighted by Crippen LogP contribution is -2.21. The van der Waals surface area contributed by atoms with Crippen molar-refractivity contribution >= 4 is 23.2 Å². The molecule has 0 atom stereocenters. The first-order valence-corrected chi connectivity index (χ1v) is 8.84. The van der Waals surface area contributed by atoms with Gasteiger partial charge in [0.15, 0.2) is 0 Å². The summed E-state index contributed by atoms with van der Waals surface area (Å²) in [5.74, 6) is -0.282. The maximum absolute atomic E-state index is 14.0. The molecule has 3 heterocycles. The summed E-state index contributed by atoms with van der Waals surface area (Å²) in [7, 11) is 1.58. The molecule has 3 rings (SSSR count). The first kappa shape index (κ1) is 19.6. The van der Waals surface area contributed by atoms with Crippen LogP contribution in [-0.4, -0.2) is 44.2 Å². The summed E-state index contributed by atoms with van der Waals surface area (Å²) < 4.78 is 22.2. The number of aromatic nitrogens is 5. The number of aryl methyl sites for hydroxylation is 3. The number of halogens is 1. The fourth-order valence-corrected chi connectivity index (χ4v) is 2.92. The monoisotopic (exact) mass is 387 g/mol. The predicted octanol–water partition coefficient (Wildman–Crippen LogP) is 1.86. The fraction of sp³-hybridized carbons (Fsp3) is 0.389. The van der Waals surface area contributed by atoms with Crippen LogP contribution in [-0.2, 0) is 17.8 Å². The van der Waals surface area contributed by atoms with Gasteiger partial charge in [-0.3, -0.25) is 9.36 Å². The van der Waals surface area contributed by atoms with Crippen LogP contribution in [0.25, 0.3) is 11.0 Å². The molecule has 9 nitrogen and oxygen atoms in total. The van der Waals surface area contributed by atoms with Crippen LogP contribution in [0.4, 0.5) is 10.3 Å². The SMILES string of the molecule is CCn1ncc(/C=N\Nc2nc(=O)c3c(C)cc(C)nc3n2CCOC)c1F. The minimum atomic E-state index is -0.482. The van der Waals surface area contributed by atoms with E-state index in [0.717, 1.165) is 11.3 Å². The van der Waals surface area contributed by atoms with Crippen LogP contribution in [0.5, 0.6) is 0 Å². The highest BCUT2D eigenvalue weighted by Gasteiger charge is 2.14. The summed E-state index contributed by atoms with van der Waals surface area (Å²) in [6.45, 7) is 6.72. The first-order valence-electron chi connectivity index (χ1n) is 8.84. The number of hydrogen-bond acceptors (Lipinski definition) is 7. The van der Waals surface area contributed by atoms with E-state index in [9.17, 15) is 9.18 Å². The van der Waals surface area contributed by atoms with Crippen LogP contribution < -0.4 is 11.0 Å². The zero-order valence-electron chi connectivity index (χ0n) is 16.2. The largest absolute Gasteiger partial charge is 0.383 e. The van der Waals surface area contributed by atoms with E-state index in [2.05, 4.69) is 25.6 Å². The van der Waals surface area contributed by atoms with E-state index in [1.54, 1.807) is 18.6 Å². The summed E-state index contributed by atoms with van der Waals surface area (Å²) >= 11 is 0. The number of hydrazone groups is 1. The molecule has 28 heavy (non-hydrogen) atoms. The van der Waals surface area contributed by atoms with Crippen molar-refractivity contribution in [2.75, 3.05) is 19.1 Å². The molecule has 0 amide bonds. The third-order valence-corrected chi connectivity index (χ3v) is 4.25. The van der Waals surface area contributed by atoms with Gasteiger partial charge in [0, 0.05) is 19.3 Å². The van der Waals surface area contributed by atoms with Gasteiger partial charge in [-0.2, -0.15) is 19.6 Å². The fourth-order valence-electron chi connectivity index (χ4n) is 2.92. The highest BCUT2D eigenvalue weighted by molar-refractivity contribution is 5.81. The Morgan fingerprint density at radius 3 is 2.82 bits per heavy atom. The molecule has 0 aromatic carbocycles. The number of ether oxygens (including phenoxy) is 1. The first-order chi connectivity index (χ1) is 13.5. The van der Waals surface area contributed by atoms with Gasteiger partial charge in [-0.1, -0.05) is 0 Å². The molecule has 0 aliphatic heterocycles. The Labute approximate surface area is 160 Å². The van der Waals surface area contributed by atoms with Gasteiger partial charge in [0.1, 0.15) is 5.65 Å². The van der Waals surface area contributed by atoms with E-state index in [4.69, 9.17) is 4.74 Å².